The molecule has 120 valence electrons. The Morgan fingerprint density at radius 1 is 1.09 bits per heavy atom. The normalized spacial score (nSPS) is 12.7. The Balaban J connectivity index is 1.89. The molecule has 0 amide bonds. The van der Waals surface area contributed by atoms with Crippen molar-refractivity contribution in [3.63, 3.8) is 0 Å². The Morgan fingerprint density at radius 2 is 1.83 bits per heavy atom. The summed E-state index contributed by atoms with van der Waals surface area (Å²) < 4.78 is 15.3. The van der Waals surface area contributed by atoms with Gasteiger partial charge in [0, 0.05) is 36.2 Å². The van der Waals surface area contributed by atoms with Gasteiger partial charge in [-0.3, -0.25) is 0 Å². The van der Waals surface area contributed by atoms with E-state index in [1.807, 2.05) is 12.1 Å². The average Bonchev–Trinajstić information content (AvgIpc) is 2.93. The van der Waals surface area contributed by atoms with Crippen molar-refractivity contribution < 1.29 is 4.39 Å². The number of hydrogen-bond donors (Lipinski definition) is 1. The van der Waals surface area contributed by atoms with Gasteiger partial charge in [0.05, 0.1) is 0 Å². The fraction of sp³-hybridized carbons (Fsp3) is 0.300. The highest BCUT2D eigenvalue weighted by atomic mass is 19.1. The number of rotatable bonds is 6. The molecule has 0 fully saturated rings. The summed E-state index contributed by atoms with van der Waals surface area (Å²) in [6, 6.07) is 15.7. The Morgan fingerprint density at radius 3 is 2.57 bits per heavy atom. The molecule has 3 heteroatoms. The number of para-hydroxylation sites is 1. The van der Waals surface area contributed by atoms with Crippen LogP contribution in [0.3, 0.4) is 0 Å². The van der Waals surface area contributed by atoms with Crippen LogP contribution in [0.1, 0.15) is 31.4 Å². The van der Waals surface area contributed by atoms with Crippen LogP contribution in [0, 0.1) is 5.82 Å². The maximum atomic E-state index is 13.1. The van der Waals surface area contributed by atoms with E-state index in [2.05, 4.69) is 54.2 Å². The second-order valence-electron chi connectivity index (χ2n) is 6.12. The number of hydrogen-bond acceptors (Lipinski definition) is 1. The minimum absolute atomic E-state index is 0.190. The van der Waals surface area contributed by atoms with Crippen molar-refractivity contribution in [2.45, 2.75) is 39.4 Å². The van der Waals surface area contributed by atoms with Crippen LogP contribution in [0.5, 0.6) is 0 Å². The second-order valence-corrected chi connectivity index (χ2v) is 6.12. The molecule has 0 aliphatic rings. The lowest BCUT2D eigenvalue weighted by Gasteiger charge is -2.10. The standard InChI is InChI=1S/C20H23FN2/c1-3-15(2)22-12-17-14-23(20-7-5-4-6-19(17)20)13-16-8-10-18(21)11-9-16/h4-11,14-15,22H,3,12-13H2,1-2H3/t15-/m1/s1. The van der Waals surface area contributed by atoms with Gasteiger partial charge in [0.1, 0.15) is 5.82 Å². The predicted molar refractivity (Wildman–Crippen MR) is 94.0 cm³/mol. The van der Waals surface area contributed by atoms with Gasteiger partial charge in [-0.1, -0.05) is 37.3 Å². The molecule has 2 aromatic carbocycles. The summed E-state index contributed by atoms with van der Waals surface area (Å²) in [7, 11) is 0. The minimum Gasteiger partial charge on any atom is -0.343 e. The zero-order valence-corrected chi connectivity index (χ0v) is 13.7. The molecule has 3 aromatic rings. The molecule has 0 radical (unpaired) electrons. The van der Waals surface area contributed by atoms with Crippen LogP contribution < -0.4 is 5.32 Å². The highest BCUT2D eigenvalue weighted by Gasteiger charge is 2.09. The smallest absolute Gasteiger partial charge is 0.123 e. The van der Waals surface area contributed by atoms with Crippen molar-refractivity contribution in [2.24, 2.45) is 0 Å². The molecular weight excluding hydrogens is 287 g/mol. The van der Waals surface area contributed by atoms with Crippen LogP contribution in [0.4, 0.5) is 4.39 Å². The van der Waals surface area contributed by atoms with Gasteiger partial charge in [0.15, 0.2) is 0 Å². The molecule has 1 aromatic heterocycles. The van der Waals surface area contributed by atoms with E-state index in [4.69, 9.17) is 0 Å². The Bertz CT molecular complexity index is 774. The first kappa shape index (κ1) is 15.8. The van der Waals surface area contributed by atoms with Crippen molar-refractivity contribution in [3.8, 4) is 0 Å². The van der Waals surface area contributed by atoms with E-state index < -0.39 is 0 Å². The van der Waals surface area contributed by atoms with Gasteiger partial charge in [0.25, 0.3) is 0 Å². The molecule has 0 saturated carbocycles. The van der Waals surface area contributed by atoms with Crippen molar-refractivity contribution in [3.05, 3.63) is 71.7 Å². The van der Waals surface area contributed by atoms with E-state index in [1.54, 1.807) is 0 Å². The zero-order chi connectivity index (χ0) is 16.2. The highest BCUT2D eigenvalue weighted by Crippen LogP contribution is 2.22. The molecule has 1 atom stereocenters. The highest BCUT2D eigenvalue weighted by molar-refractivity contribution is 5.84. The Hall–Kier alpha value is -2.13. The fourth-order valence-electron chi connectivity index (χ4n) is 2.81. The quantitative estimate of drug-likeness (QED) is 0.697. The van der Waals surface area contributed by atoms with Gasteiger partial charge in [-0.25, -0.2) is 4.39 Å². The van der Waals surface area contributed by atoms with Gasteiger partial charge < -0.3 is 9.88 Å². The number of nitrogens with zero attached hydrogens (tertiary/aromatic N) is 1. The molecule has 2 nitrogen and oxygen atoms in total. The van der Waals surface area contributed by atoms with Crippen LogP contribution in [-0.4, -0.2) is 10.6 Å². The fourth-order valence-corrected chi connectivity index (χ4v) is 2.81. The summed E-state index contributed by atoms with van der Waals surface area (Å²) in [6.07, 6.45) is 3.33. The molecule has 23 heavy (non-hydrogen) atoms. The lowest BCUT2D eigenvalue weighted by Crippen LogP contribution is -2.24. The monoisotopic (exact) mass is 310 g/mol. The largest absolute Gasteiger partial charge is 0.343 e. The van der Waals surface area contributed by atoms with E-state index in [1.165, 1.54) is 28.6 Å². The van der Waals surface area contributed by atoms with Crippen molar-refractivity contribution in [1.29, 1.82) is 0 Å². The number of aromatic nitrogens is 1. The first-order valence-corrected chi connectivity index (χ1v) is 8.22. The van der Waals surface area contributed by atoms with Gasteiger partial charge in [-0.05, 0) is 42.7 Å². The molecule has 0 saturated heterocycles. The molecule has 0 aliphatic carbocycles. The maximum Gasteiger partial charge on any atom is 0.123 e. The lowest BCUT2D eigenvalue weighted by molar-refractivity contribution is 0.535. The molecule has 1 N–H and O–H groups in total. The van der Waals surface area contributed by atoms with E-state index in [-0.39, 0.29) is 5.82 Å². The van der Waals surface area contributed by atoms with Gasteiger partial charge in [0.2, 0.25) is 0 Å². The predicted octanol–water partition coefficient (Wildman–Crippen LogP) is 4.72. The molecule has 0 spiro atoms. The summed E-state index contributed by atoms with van der Waals surface area (Å²) in [6.45, 7) is 6.02. The zero-order valence-electron chi connectivity index (χ0n) is 13.7. The molecule has 0 aliphatic heterocycles. The lowest BCUT2D eigenvalue weighted by atomic mass is 10.1. The summed E-state index contributed by atoms with van der Waals surface area (Å²) in [5.74, 6) is -0.190. The molecule has 1 heterocycles. The molecule has 0 unspecified atom stereocenters. The number of fused-ring (bicyclic) bond motifs is 1. The molecule has 0 bridgehead atoms. The number of benzene rings is 2. The van der Waals surface area contributed by atoms with Gasteiger partial charge >= 0.3 is 0 Å². The minimum atomic E-state index is -0.190. The first-order valence-electron chi connectivity index (χ1n) is 8.22. The third kappa shape index (κ3) is 3.62. The summed E-state index contributed by atoms with van der Waals surface area (Å²) in [5, 5.41) is 4.85. The summed E-state index contributed by atoms with van der Waals surface area (Å²) in [5.41, 5.74) is 3.63. The number of nitrogens with one attached hydrogen (secondary N) is 1. The Labute approximate surface area is 136 Å². The van der Waals surface area contributed by atoms with E-state index in [9.17, 15) is 4.39 Å². The van der Waals surface area contributed by atoms with E-state index in [0.717, 1.165) is 25.1 Å². The van der Waals surface area contributed by atoms with Crippen molar-refractivity contribution >= 4 is 10.9 Å². The van der Waals surface area contributed by atoms with Crippen LogP contribution in [0.25, 0.3) is 10.9 Å². The topological polar surface area (TPSA) is 17.0 Å². The summed E-state index contributed by atoms with van der Waals surface area (Å²) in [4.78, 5) is 0. The van der Waals surface area contributed by atoms with Crippen LogP contribution in [0.15, 0.2) is 54.7 Å². The molecule has 3 rings (SSSR count). The van der Waals surface area contributed by atoms with Crippen molar-refractivity contribution in [1.82, 2.24) is 9.88 Å². The van der Waals surface area contributed by atoms with Crippen molar-refractivity contribution in [2.75, 3.05) is 0 Å². The van der Waals surface area contributed by atoms with Crippen LogP contribution in [0.2, 0.25) is 0 Å². The average molecular weight is 310 g/mol. The first-order chi connectivity index (χ1) is 11.2. The SMILES string of the molecule is CC[C@@H](C)NCc1cn(Cc2ccc(F)cc2)c2ccccc12. The van der Waals surface area contributed by atoms with Gasteiger partial charge in [-0.15, -0.1) is 0 Å². The van der Waals surface area contributed by atoms with Crippen LogP contribution >= 0.6 is 0 Å². The molecular formula is C20H23FN2. The van der Waals surface area contributed by atoms with Crippen LogP contribution in [-0.2, 0) is 13.1 Å². The third-order valence-corrected chi connectivity index (χ3v) is 4.39. The van der Waals surface area contributed by atoms with E-state index >= 15 is 0 Å². The maximum absolute atomic E-state index is 13.1. The van der Waals surface area contributed by atoms with E-state index in [0.29, 0.717) is 6.04 Å². The second kappa shape index (κ2) is 6.97. The number of halogens is 1. The van der Waals surface area contributed by atoms with Gasteiger partial charge in [-0.2, -0.15) is 0 Å². The summed E-state index contributed by atoms with van der Waals surface area (Å²) >= 11 is 0. The Kier molecular flexibility index (Phi) is 4.77. The third-order valence-electron chi connectivity index (χ3n) is 4.39.